The molecule has 1 aliphatic rings. The molecular weight excluding hydrogens is 206 g/mol. The summed E-state index contributed by atoms with van der Waals surface area (Å²) in [7, 11) is 1.40. The Kier molecular flexibility index (Phi) is 2.57. The van der Waals surface area contributed by atoms with E-state index >= 15 is 0 Å². The second-order valence-electron chi connectivity index (χ2n) is 3.45. The lowest BCUT2D eigenvalue weighted by atomic mass is 10.2. The summed E-state index contributed by atoms with van der Waals surface area (Å²) in [6, 6.07) is 3.95. The first kappa shape index (κ1) is 10.2. The van der Waals surface area contributed by atoms with Crippen molar-refractivity contribution in [3.63, 3.8) is 0 Å². The molecule has 0 aromatic carbocycles. The summed E-state index contributed by atoms with van der Waals surface area (Å²) < 4.78 is 6.75. The lowest BCUT2D eigenvalue weighted by Gasteiger charge is -2.00. The largest absolute Gasteiger partial charge is 0.492 e. The Hall–Kier alpha value is -2.34. The van der Waals surface area contributed by atoms with Crippen LogP contribution in [0, 0.1) is 22.7 Å². The molecule has 6 heteroatoms. The van der Waals surface area contributed by atoms with Crippen molar-refractivity contribution in [1.82, 2.24) is 15.0 Å². The lowest BCUT2D eigenvalue weighted by Crippen LogP contribution is -1.93. The van der Waals surface area contributed by atoms with E-state index in [0.717, 1.165) is 12.8 Å². The van der Waals surface area contributed by atoms with Crippen LogP contribution in [0.2, 0.25) is 0 Å². The van der Waals surface area contributed by atoms with Crippen molar-refractivity contribution in [2.45, 2.75) is 18.9 Å². The van der Waals surface area contributed by atoms with Crippen molar-refractivity contribution < 1.29 is 4.74 Å². The van der Waals surface area contributed by atoms with Crippen molar-refractivity contribution in [2.24, 2.45) is 0 Å². The molecule has 0 amide bonds. The monoisotopic (exact) mass is 215 g/mol. The van der Waals surface area contributed by atoms with Gasteiger partial charge in [0.25, 0.3) is 0 Å². The number of hydrogen-bond donors (Lipinski definition) is 0. The van der Waals surface area contributed by atoms with Crippen LogP contribution in [0.1, 0.15) is 24.6 Å². The van der Waals surface area contributed by atoms with Gasteiger partial charge in [-0.25, -0.2) is 4.68 Å². The van der Waals surface area contributed by atoms with E-state index in [2.05, 4.69) is 10.3 Å². The number of allylic oxidation sites excluding steroid dienone is 1. The predicted molar refractivity (Wildman–Crippen MR) is 53.4 cm³/mol. The van der Waals surface area contributed by atoms with E-state index < -0.39 is 0 Å². The molecule has 6 nitrogen and oxygen atoms in total. The van der Waals surface area contributed by atoms with E-state index in [0.29, 0.717) is 11.7 Å². The quantitative estimate of drug-likeness (QED) is 0.554. The van der Waals surface area contributed by atoms with E-state index in [1.165, 1.54) is 7.11 Å². The average molecular weight is 215 g/mol. The van der Waals surface area contributed by atoms with Crippen LogP contribution in [0.3, 0.4) is 0 Å². The summed E-state index contributed by atoms with van der Waals surface area (Å²) in [5.41, 5.74) is 0.331. The number of ether oxygens (including phenoxy) is 1. The Morgan fingerprint density at radius 3 is 2.69 bits per heavy atom. The molecule has 1 aliphatic carbocycles. The van der Waals surface area contributed by atoms with Gasteiger partial charge in [0, 0.05) is 0 Å². The summed E-state index contributed by atoms with van der Waals surface area (Å²) in [5, 5.41) is 25.3. The predicted octanol–water partition coefficient (Wildman–Crippen LogP) is 1.02. The molecule has 1 heterocycles. The zero-order valence-electron chi connectivity index (χ0n) is 8.71. The molecule has 0 spiro atoms. The number of nitrogens with zero attached hydrogens (tertiary/aromatic N) is 5. The van der Waals surface area contributed by atoms with Gasteiger partial charge in [-0.2, -0.15) is 10.5 Å². The average Bonchev–Trinajstić information content (AvgIpc) is 3.05. The Bertz CT molecular complexity index is 496. The fourth-order valence-electron chi connectivity index (χ4n) is 1.36. The van der Waals surface area contributed by atoms with Gasteiger partial charge in [-0.3, -0.25) is 0 Å². The zero-order chi connectivity index (χ0) is 11.5. The molecule has 80 valence electrons. The smallest absolute Gasteiger partial charge is 0.176 e. The highest BCUT2D eigenvalue weighted by Gasteiger charge is 2.26. The highest BCUT2D eigenvalue weighted by molar-refractivity contribution is 5.67. The maximum absolute atomic E-state index is 8.75. The number of nitriles is 2. The van der Waals surface area contributed by atoms with Crippen LogP contribution in [0.5, 0.6) is 0 Å². The van der Waals surface area contributed by atoms with Gasteiger partial charge < -0.3 is 4.74 Å². The third kappa shape index (κ3) is 1.73. The van der Waals surface area contributed by atoms with E-state index in [-0.39, 0.29) is 11.3 Å². The van der Waals surface area contributed by atoms with Crippen LogP contribution >= 0.6 is 0 Å². The van der Waals surface area contributed by atoms with Gasteiger partial charge in [-0.05, 0) is 12.8 Å². The Morgan fingerprint density at radius 2 is 2.19 bits per heavy atom. The van der Waals surface area contributed by atoms with E-state index in [1.54, 1.807) is 23.0 Å². The molecule has 16 heavy (non-hydrogen) atoms. The minimum Gasteiger partial charge on any atom is -0.492 e. The highest BCUT2D eigenvalue weighted by atomic mass is 16.5. The van der Waals surface area contributed by atoms with Crippen LogP contribution < -0.4 is 0 Å². The SMILES string of the molecule is COC(=C(C#N)C#N)c1cn(C2CC2)nn1. The van der Waals surface area contributed by atoms with E-state index in [9.17, 15) is 0 Å². The lowest BCUT2D eigenvalue weighted by molar-refractivity contribution is 0.367. The first-order valence-electron chi connectivity index (χ1n) is 4.80. The zero-order valence-corrected chi connectivity index (χ0v) is 8.71. The van der Waals surface area contributed by atoms with Crippen LogP contribution in [0.4, 0.5) is 0 Å². The first-order valence-corrected chi connectivity index (χ1v) is 4.80. The van der Waals surface area contributed by atoms with Gasteiger partial charge in [0.05, 0.1) is 19.3 Å². The molecule has 0 saturated heterocycles. The Labute approximate surface area is 92.3 Å². The van der Waals surface area contributed by atoms with Gasteiger partial charge in [-0.1, -0.05) is 5.21 Å². The molecule has 0 atom stereocenters. The van der Waals surface area contributed by atoms with Crippen molar-refractivity contribution in [3.05, 3.63) is 17.5 Å². The van der Waals surface area contributed by atoms with Gasteiger partial charge >= 0.3 is 0 Å². The first-order chi connectivity index (χ1) is 7.80. The van der Waals surface area contributed by atoms with Gasteiger partial charge in [0.1, 0.15) is 17.8 Å². The van der Waals surface area contributed by atoms with Crippen LogP contribution in [-0.2, 0) is 4.74 Å². The molecule has 0 N–H and O–H groups in total. The molecule has 2 rings (SSSR count). The Balaban J connectivity index is 2.37. The van der Waals surface area contributed by atoms with Crippen molar-refractivity contribution >= 4 is 5.76 Å². The molecular formula is C10H9N5O. The van der Waals surface area contributed by atoms with Crippen LogP contribution in [0.15, 0.2) is 11.8 Å². The minimum absolute atomic E-state index is 0.0923. The van der Waals surface area contributed by atoms with Crippen molar-refractivity contribution in [1.29, 1.82) is 10.5 Å². The van der Waals surface area contributed by atoms with E-state index in [4.69, 9.17) is 15.3 Å². The highest BCUT2D eigenvalue weighted by Crippen LogP contribution is 2.34. The summed E-state index contributed by atoms with van der Waals surface area (Å²) in [6.07, 6.45) is 3.89. The summed E-state index contributed by atoms with van der Waals surface area (Å²) in [6.45, 7) is 0. The summed E-state index contributed by atoms with van der Waals surface area (Å²) >= 11 is 0. The maximum Gasteiger partial charge on any atom is 0.176 e. The van der Waals surface area contributed by atoms with Gasteiger partial charge in [-0.15, -0.1) is 5.10 Å². The molecule has 1 aromatic rings. The van der Waals surface area contributed by atoms with E-state index in [1.807, 2.05) is 0 Å². The van der Waals surface area contributed by atoms with Gasteiger partial charge in [0.15, 0.2) is 11.3 Å². The molecule has 0 radical (unpaired) electrons. The third-order valence-electron chi connectivity index (χ3n) is 2.32. The van der Waals surface area contributed by atoms with Crippen LogP contribution in [-0.4, -0.2) is 22.1 Å². The second-order valence-corrected chi connectivity index (χ2v) is 3.45. The number of rotatable bonds is 3. The summed E-state index contributed by atoms with van der Waals surface area (Å²) in [5.74, 6) is 0.178. The fourth-order valence-corrected chi connectivity index (χ4v) is 1.36. The number of aromatic nitrogens is 3. The van der Waals surface area contributed by atoms with Crippen LogP contribution in [0.25, 0.3) is 5.76 Å². The Morgan fingerprint density at radius 1 is 1.50 bits per heavy atom. The fraction of sp³-hybridized carbons (Fsp3) is 0.400. The van der Waals surface area contributed by atoms with Gasteiger partial charge in [0.2, 0.25) is 0 Å². The second kappa shape index (κ2) is 4.03. The number of methoxy groups -OCH3 is 1. The molecule has 1 aromatic heterocycles. The topological polar surface area (TPSA) is 87.5 Å². The van der Waals surface area contributed by atoms with Crippen molar-refractivity contribution in [3.8, 4) is 12.1 Å². The molecule has 1 saturated carbocycles. The number of hydrogen-bond acceptors (Lipinski definition) is 5. The maximum atomic E-state index is 8.75. The third-order valence-corrected chi connectivity index (χ3v) is 2.32. The molecule has 1 fully saturated rings. The van der Waals surface area contributed by atoms with Crippen molar-refractivity contribution in [2.75, 3.05) is 7.11 Å². The normalized spacial score (nSPS) is 13.7. The minimum atomic E-state index is -0.0923. The summed E-state index contributed by atoms with van der Waals surface area (Å²) in [4.78, 5) is 0. The standard InChI is InChI=1S/C10H9N5O/c1-16-10(7(4-11)5-12)9-6-15(14-13-9)8-2-3-8/h6,8H,2-3H2,1H3. The molecule has 0 unspecified atom stereocenters. The molecule has 0 aliphatic heterocycles. The molecule has 0 bridgehead atoms.